The van der Waals surface area contributed by atoms with E-state index in [1.165, 1.54) is 11.3 Å². The van der Waals surface area contributed by atoms with E-state index in [2.05, 4.69) is 20.8 Å². The van der Waals surface area contributed by atoms with Crippen LogP contribution in [0.5, 0.6) is 0 Å². The van der Waals surface area contributed by atoms with Gasteiger partial charge in [0.1, 0.15) is 0 Å². The molecule has 1 aliphatic rings. The number of nitrogens with zero attached hydrogens (tertiary/aromatic N) is 2. The molecule has 2 rings (SSSR count). The first-order chi connectivity index (χ1) is 12.3. The third kappa shape index (κ3) is 6.39. The average molecular weight is 401 g/mol. The molecule has 0 fully saturated rings. The molecule has 3 atom stereocenters. The van der Waals surface area contributed by atoms with Gasteiger partial charge >= 0.3 is 0 Å². The molecule has 6 nitrogen and oxygen atoms in total. The zero-order valence-electron chi connectivity index (χ0n) is 15.8. The van der Waals surface area contributed by atoms with Crippen LogP contribution in [0.4, 0.5) is 5.69 Å². The maximum Gasteiger partial charge on any atom is 0.283 e. The van der Waals surface area contributed by atoms with Crippen molar-refractivity contribution in [1.29, 1.82) is 0 Å². The van der Waals surface area contributed by atoms with Crippen LogP contribution < -0.4 is 0 Å². The summed E-state index contributed by atoms with van der Waals surface area (Å²) in [7, 11) is 0. The van der Waals surface area contributed by atoms with E-state index >= 15 is 0 Å². The van der Waals surface area contributed by atoms with Crippen molar-refractivity contribution in [2.24, 2.45) is 5.92 Å². The van der Waals surface area contributed by atoms with Crippen LogP contribution in [0, 0.1) is 26.1 Å². The van der Waals surface area contributed by atoms with E-state index in [4.69, 9.17) is 0 Å². The maximum atomic E-state index is 10.6. The summed E-state index contributed by atoms with van der Waals surface area (Å²) in [6, 6.07) is 1.59. The van der Waals surface area contributed by atoms with Gasteiger partial charge in [0.25, 0.3) is 11.4 Å². The molecular formula is C18H28N2O4S2. The third-order valence-corrected chi connectivity index (χ3v) is 6.93. The van der Waals surface area contributed by atoms with Crippen LogP contribution in [0.2, 0.25) is 0 Å². The van der Waals surface area contributed by atoms with Crippen LogP contribution in [0.25, 0.3) is 0 Å². The molecule has 2 heterocycles. The number of thiophene rings is 1. The first-order valence-corrected chi connectivity index (χ1v) is 10.9. The molecule has 0 aliphatic carbocycles. The van der Waals surface area contributed by atoms with Crippen molar-refractivity contribution in [1.82, 2.24) is 0 Å². The van der Waals surface area contributed by atoms with E-state index in [0.29, 0.717) is 17.5 Å². The minimum absolute atomic E-state index is 0.120. The van der Waals surface area contributed by atoms with Gasteiger partial charge in [0.15, 0.2) is 0 Å². The zero-order valence-corrected chi connectivity index (χ0v) is 17.5. The Labute approximate surface area is 163 Å². The summed E-state index contributed by atoms with van der Waals surface area (Å²) in [4.78, 5) is 21.6. The Kier molecular flexibility index (Phi) is 9.87. The van der Waals surface area contributed by atoms with Crippen LogP contribution in [0.1, 0.15) is 64.2 Å². The highest BCUT2D eigenvalue weighted by Gasteiger charge is 2.33. The third-order valence-electron chi connectivity index (χ3n) is 4.37. The lowest BCUT2D eigenvalue weighted by atomic mass is 10.00. The van der Waals surface area contributed by atoms with E-state index in [0.717, 1.165) is 36.3 Å². The molecule has 26 heavy (non-hydrogen) atoms. The van der Waals surface area contributed by atoms with Gasteiger partial charge in [-0.1, -0.05) is 40.5 Å². The smallest absolute Gasteiger partial charge is 0.259 e. The second kappa shape index (κ2) is 11.3. The molecule has 0 spiro atoms. The van der Waals surface area contributed by atoms with Crippen LogP contribution in [0.3, 0.4) is 0 Å². The van der Waals surface area contributed by atoms with Crippen molar-refractivity contribution < 1.29 is 9.85 Å². The van der Waals surface area contributed by atoms with E-state index < -0.39 is 0 Å². The summed E-state index contributed by atoms with van der Waals surface area (Å²) in [6.07, 6.45) is 6.01. The lowest BCUT2D eigenvalue weighted by Crippen LogP contribution is -2.19. The zero-order chi connectivity index (χ0) is 19.7. The molecular weight excluding hydrogens is 372 g/mol. The normalized spacial score (nSPS) is 18.5. The lowest BCUT2D eigenvalue weighted by molar-refractivity contribution is -0.427. The average Bonchev–Trinajstić information content (AvgIpc) is 3.25. The van der Waals surface area contributed by atoms with Gasteiger partial charge in [0.2, 0.25) is 0 Å². The number of hydrogen-bond acceptors (Lipinski definition) is 6. The summed E-state index contributed by atoms with van der Waals surface area (Å²) >= 11 is 3.18. The van der Waals surface area contributed by atoms with Crippen LogP contribution >= 0.6 is 23.1 Å². The predicted octanol–water partition coefficient (Wildman–Crippen LogP) is 6.26. The van der Waals surface area contributed by atoms with Crippen LogP contribution in [0.15, 0.2) is 23.2 Å². The second-order valence-corrected chi connectivity index (χ2v) is 8.65. The highest BCUT2D eigenvalue weighted by atomic mass is 32.2. The number of hydrogen-bond donors (Lipinski definition) is 0. The summed E-state index contributed by atoms with van der Waals surface area (Å²) in [5.41, 5.74) is 0.705. The van der Waals surface area contributed by atoms with Gasteiger partial charge < -0.3 is 0 Å². The molecule has 146 valence electrons. The molecule has 0 saturated carbocycles. The van der Waals surface area contributed by atoms with Gasteiger partial charge in [0, 0.05) is 17.9 Å². The fourth-order valence-corrected chi connectivity index (χ4v) is 5.33. The maximum absolute atomic E-state index is 10.6. The molecule has 1 aromatic heterocycles. The van der Waals surface area contributed by atoms with Crippen molar-refractivity contribution >= 4 is 28.8 Å². The molecule has 1 aromatic rings. The molecule has 0 saturated heterocycles. The lowest BCUT2D eigenvalue weighted by Gasteiger charge is -2.15. The van der Waals surface area contributed by atoms with Crippen molar-refractivity contribution in [2.45, 2.75) is 64.5 Å². The van der Waals surface area contributed by atoms with E-state index in [1.54, 1.807) is 29.3 Å². The van der Waals surface area contributed by atoms with E-state index in [9.17, 15) is 20.2 Å². The number of nitro groups is 2. The van der Waals surface area contributed by atoms with E-state index in [1.807, 2.05) is 6.92 Å². The Hall–Kier alpha value is -1.41. The monoisotopic (exact) mass is 400 g/mol. The quantitative estimate of drug-likeness (QED) is 0.380. The molecule has 0 N–H and O–H groups in total. The van der Waals surface area contributed by atoms with Crippen molar-refractivity contribution in [3.8, 4) is 0 Å². The van der Waals surface area contributed by atoms with Gasteiger partial charge in [-0.3, -0.25) is 20.2 Å². The summed E-state index contributed by atoms with van der Waals surface area (Å²) in [5.74, 6) is 1.54. The highest BCUT2D eigenvalue weighted by Crippen LogP contribution is 2.35. The molecule has 0 amide bonds. The Morgan fingerprint density at radius 2 is 1.81 bits per heavy atom. The standard InChI is InChI=1S/C9H15NO2S.C9H13NO2S/c2*1-3-4-7(2)9-8(10(11)12)5-6-13-9/h5,7,9H,3-4,6H2,1-2H3;5-7H,3-4H2,1-2H3. The van der Waals surface area contributed by atoms with Crippen molar-refractivity contribution in [3.63, 3.8) is 0 Å². The largest absolute Gasteiger partial charge is 0.283 e. The first kappa shape index (κ1) is 22.6. The Balaban J connectivity index is 0.000000260. The summed E-state index contributed by atoms with van der Waals surface area (Å²) < 4.78 is 0. The molecule has 0 radical (unpaired) electrons. The van der Waals surface area contributed by atoms with E-state index in [-0.39, 0.29) is 20.8 Å². The summed E-state index contributed by atoms with van der Waals surface area (Å²) in [6.45, 7) is 8.35. The number of thioether (sulfide) groups is 1. The van der Waals surface area contributed by atoms with Gasteiger partial charge in [-0.15, -0.1) is 23.1 Å². The minimum atomic E-state index is -0.294. The SMILES string of the molecule is CCCC(C)C1SCC=C1[N+](=O)[O-].CCCC(C)c1sccc1[N+](=O)[O-]. The first-order valence-electron chi connectivity index (χ1n) is 9.01. The molecule has 1 aliphatic heterocycles. The van der Waals surface area contributed by atoms with Crippen LogP contribution in [-0.4, -0.2) is 20.8 Å². The van der Waals surface area contributed by atoms with Gasteiger partial charge in [-0.2, -0.15) is 0 Å². The minimum Gasteiger partial charge on any atom is -0.259 e. The summed E-state index contributed by atoms with van der Waals surface area (Å²) in [5, 5.41) is 23.2. The van der Waals surface area contributed by atoms with Gasteiger partial charge in [0.05, 0.1) is 20.0 Å². The molecule has 3 unspecified atom stereocenters. The van der Waals surface area contributed by atoms with Gasteiger partial charge in [-0.05, 0) is 30.1 Å². The van der Waals surface area contributed by atoms with Crippen molar-refractivity contribution in [3.05, 3.63) is 48.3 Å². The van der Waals surface area contributed by atoms with Crippen molar-refractivity contribution in [2.75, 3.05) is 5.75 Å². The highest BCUT2D eigenvalue weighted by molar-refractivity contribution is 8.00. The predicted molar refractivity (Wildman–Crippen MR) is 110 cm³/mol. The Morgan fingerprint density at radius 1 is 1.15 bits per heavy atom. The van der Waals surface area contributed by atoms with Gasteiger partial charge in [-0.25, -0.2) is 0 Å². The molecule has 8 heteroatoms. The fourth-order valence-electron chi connectivity index (χ4n) is 3.08. The Bertz CT molecular complexity index is 630. The molecule has 0 bridgehead atoms. The molecule has 0 aromatic carbocycles. The fraction of sp³-hybridized carbons (Fsp3) is 0.667. The van der Waals surface area contributed by atoms with Crippen LogP contribution in [-0.2, 0) is 0 Å². The topological polar surface area (TPSA) is 86.3 Å². The second-order valence-electron chi connectivity index (χ2n) is 6.52. The Morgan fingerprint density at radius 3 is 2.35 bits per heavy atom. The number of rotatable bonds is 8.